The molecule has 124 valence electrons. The van der Waals surface area contributed by atoms with Gasteiger partial charge in [0, 0.05) is 17.6 Å². The van der Waals surface area contributed by atoms with E-state index in [1.54, 1.807) is 7.11 Å². The van der Waals surface area contributed by atoms with Crippen LogP contribution in [-0.4, -0.2) is 31.5 Å². The van der Waals surface area contributed by atoms with Crippen molar-refractivity contribution in [3.63, 3.8) is 0 Å². The fourth-order valence-electron chi connectivity index (χ4n) is 2.40. The standard InChI is InChI=1S/C19H25NO3/c1-19(2,17-11-7-8-12-18(17)22-3)20-13-15(21)14-23-16-9-5-4-6-10-16/h4-12,15,20-21H,13-14H2,1-3H3. The van der Waals surface area contributed by atoms with Crippen molar-refractivity contribution in [2.24, 2.45) is 0 Å². The Bertz CT molecular complexity index is 599. The second-order valence-electron chi connectivity index (χ2n) is 5.98. The molecule has 0 heterocycles. The van der Waals surface area contributed by atoms with Crippen LogP contribution in [-0.2, 0) is 5.54 Å². The summed E-state index contributed by atoms with van der Waals surface area (Å²) >= 11 is 0. The van der Waals surface area contributed by atoms with Crippen LogP contribution < -0.4 is 14.8 Å². The third-order valence-corrected chi connectivity index (χ3v) is 3.75. The maximum absolute atomic E-state index is 10.1. The Morgan fingerprint density at radius 3 is 2.39 bits per heavy atom. The van der Waals surface area contributed by atoms with Crippen molar-refractivity contribution in [3.05, 3.63) is 60.2 Å². The second-order valence-corrected chi connectivity index (χ2v) is 5.98. The summed E-state index contributed by atoms with van der Waals surface area (Å²) in [6.45, 7) is 4.81. The van der Waals surface area contributed by atoms with Gasteiger partial charge in [-0.2, -0.15) is 0 Å². The highest BCUT2D eigenvalue weighted by molar-refractivity contribution is 5.38. The molecule has 0 saturated heterocycles. The predicted octanol–water partition coefficient (Wildman–Crippen LogP) is 2.96. The molecular weight excluding hydrogens is 290 g/mol. The second kappa shape index (κ2) is 7.99. The molecule has 0 fully saturated rings. The minimum absolute atomic E-state index is 0.249. The molecular formula is C19H25NO3. The van der Waals surface area contributed by atoms with Crippen LogP contribution in [0, 0.1) is 0 Å². The molecule has 4 heteroatoms. The largest absolute Gasteiger partial charge is 0.496 e. The van der Waals surface area contributed by atoms with Crippen LogP contribution in [0.5, 0.6) is 11.5 Å². The van der Waals surface area contributed by atoms with E-state index in [4.69, 9.17) is 9.47 Å². The molecule has 0 aliphatic carbocycles. The number of hydrogen-bond acceptors (Lipinski definition) is 4. The minimum atomic E-state index is -0.593. The van der Waals surface area contributed by atoms with Crippen LogP contribution in [0.1, 0.15) is 19.4 Å². The van der Waals surface area contributed by atoms with Crippen molar-refractivity contribution < 1.29 is 14.6 Å². The van der Waals surface area contributed by atoms with Crippen LogP contribution in [0.3, 0.4) is 0 Å². The highest BCUT2D eigenvalue weighted by atomic mass is 16.5. The molecule has 23 heavy (non-hydrogen) atoms. The summed E-state index contributed by atoms with van der Waals surface area (Å²) in [5, 5.41) is 13.5. The van der Waals surface area contributed by atoms with Crippen molar-refractivity contribution in [2.45, 2.75) is 25.5 Å². The third-order valence-electron chi connectivity index (χ3n) is 3.75. The van der Waals surface area contributed by atoms with Gasteiger partial charge in [-0.05, 0) is 32.0 Å². The van der Waals surface area contributed by atoms with Crippen molar-refractivity contribution in [2.75, 3.05) is 20.3 Å². The van der Waals surface area contributed by atoms with Gasteiger partial charge in [-0.3, -0.25) is 0 Å². The van der Waals surface area contributed by atoms with Gasteiger partial charge in [0.05, 0.1) is 7.11 Å². The first-order valence-electron chi connectivity index (χ1n) is 7.77. The van der Waals surface area contributed by atoms with Gasteiger partial charge >= 0.3 is 0 Å². The molecule has 0 bridgehead atoms. The number of ether oxygens (including phenoxy) is 2. The smallest absolute Gasteiger partial charge is 0.123 e. The summed E-state index contributed by atoms with van der Waals surface area (Å²) in [6.07, 6.45) is -0.593. The lowest BCUT2D eigenvalue weighted by Gasteiger charge is -2.29. The normalized spacial score (nSPS) is 12.7. The zero-order valence-electron chi connectivity index (χ0n) is 14.0. The fraction of sp³-hybridized carbons (Fsp3) is 0.368. The van der Waals surface area contributed by atoms with Gasteiger partial charge in [-0.15, -0.1) is 0 Å². The lowest BCUT2D eigenvalue weighted by atomic mass is 9.93. The maximum Gasteiger partial charge on any atom is 0.123 e. The highest BCUT2D eigenvalue weighted by Crippen LogP contribution is 2.29. The first-order valence-corrected chi connectivity index (χ1v) is 7.77. The molecule has 1 unspecified atom stereocenters. The molecule has 0 saturated carbocycles. The van der Waals surface area contributed by atoms with E-state index >= 15 is 0 Å². The predicted molar refractivity (Wildman–Crippen MR) is 92.0 cm³/mol. The molecule has 1 atom stereocenters. The molecule has 0 radical (unpaired) electrons. The van der Waals surface area contributed by atoms with Gasteiger partial charge in [0.2, 0.25) is 0 Å². The van der Waals surface area contributed by atoms with E-state index in [1.807, 2.05) is 54.6 Å². The van der Waals surface area contributed by atoms with Crippen LogP contribution in [0.4, 0.5) is 0 Å². The molecule has 2 rings (SSSR count). The van der Waals surface area contributed by atoms with Crippen molar-refractivity contribution in [3.8, 4) is 11.5 Å². The van der Waals surface area contributed by atoms with Gasteiger partial charge in [0.25, 0.3) is 0 Å². The first-order chi connectivity index (χ1) is 11.0. The summed E-state index contributed by atoms with van der Waals surface area (Å²) in [5.41, 5.74) is 0.735. The molecule has 0 spiro atoms. The van der Waals surface area contributed by atoms with E-state index < -0.39 is 6.10 Å². The van der Waals surface area contributed by atoms with E-state index in [0.29, 0.717) is 6.54 Å². The van der Waals surface area contributed by atoms with E-state index in [2.05, 4.69) is 19.2 Å². The lowest BCUT2D eigenvalue weighted by molar-refractivity contribution is 0.0985. The molecule has 2 N–H and O–H groups in total. The van der Waals surface area contributed by atoms with Gasteiger partial charge in [0.15, 0.2) is 0 Å². The molecule has 0 aliphatic rings. The molecule has 4 nitrogen and oxygen atoms in total. The first kappa shape index (κ1) is 17.3. The van der Waals surface area contributed by atoms with Gasteiger partial charge in [0.1, 0.15) is 24.2 Å². The van der Waals surface area contributed by atoms with E-state index in [1.165, 1.54) is 0 Å². The Hall–Kier alpha value is -2.04. The summed E-state index contributed by atoms with van der Waals surface area (Å²) in [7, 11) is 1.66. The summed E-state index contributed by atoms with van der Waals surface area (Å²) in [5.74, 6) is 1.59. The number of aliphatic hydroxyl groups is 1. The Morgan fingerprint density at radius 2 is 1.70 bits per heavy atom. The van der Waals surface area contributed by atoms with E-state index in [9.17, 15) is 5.11 Å². The number of methoxy groups -OCH3 is 1. The maximum atomic E-state index is 10.1. The summed E-state index contributed by atoms with van der Waals surface area (Å²) in [6, 6.07) is 17.4. The molecule has 0 amide bonds. The molecule has 2 aromatic rings. The average molecular weight is 315 g/mol. The Balaban J connectivity index is 1.88. The van der Waals surface area contributed by atoms with Gasteiger partial charge < -0.3 is 19.9 Å². The monoisotopic (exact) mass is 315 g/mol. The molecule has 0 aromatic heterocycles. The quantitative estimate of drug-likeness (QED) is 0.786. The van der Waals surface area contributed by atoms with Crippen LogP contribution >= 0.6 is 0 Å². The zero-order valence-corrected chi connectivity index (χ0v) is 14.0. The highest BCUT2D eigenvalue weighted by Gasteiger charge is 2.24. The van der Waals surface area contributed by atoms with E-state index in [0.717, 1.165) is 17.1 Å². The molecule has 2 aromatic carbocycles. The van der Waals surface area contributed by atoms with Gasteiger partial charge in [-0.25, -0.2) is 0 Å². The number of rotatable bonds is 8. The van der Waals surface area contributed by atoms with Crippen molar-refractivity contribution in [1.29, 1.82) is 0 Å². The number of nitrogens with one attached hydrogen (secondary N) is 1. The zero-order chi connectivity index (χ0) is 16.7. The van der Waals surface area contributed by atoms with Gasteiger partial charge in [-0.1, -0.05) is 36.4 Å². The number of hydrogen-bond donors (Lipinski definition) is 2. The van der Waals surface area contributed by atoms with Crippen molar-refractivity contribution >= 4 is 0 Å². The average Bonchev–Trinajstić information content (AvgIpc) is 2.59. The Labute approximate surface area is 138 Å². The van der Waals surface area contributed by atoms with Crippen LogP contribution in [0.2, 0.25) is 0 Å². The van der Waals surface area contributed by atoms with E-state index in [-0.39, 0.29) is 12.1 Å². The van der Waals surface area contributed by atoms with Crippen LogP contribution in [0.25, 0.3) is 0 Å². The van der Waals surface area contributed by atoms with Crippen LogP contribution in [0.15, 0.2) is 54.6 Å². The topological polar surface area (TPSA) is 50.7 Å². The molecule has 0 aliphatic heterocycles. The summed E-state index contributed by atoms with van der Waals surface area (Å²) in [4.78, 5) is 0. The Kier molecular flexibility index (Phi) is 6.02. The SMILES string of the molecule is COc1ccccc1C(C)(C)NCC(O)COc1ccccc1. The van der Waals surface area contributed by atoms with Crippen molar-refractivity contribution in [1.82, 2.24) is 5.32 Å². The Morgan fingerprint density at radius 1 is 1.04 bits per heavy atom. The number of benzene rings is 2. The third kappa shape index (κ3) is 4.98. The minimum Gasteiger partial charge on any atom is -0.496 e. The lowest BCUT2D eigenvalue weighted by Crippen LogP contribution is -2.42. The fourth-order valence-corrected chi connectivity index (χ4v) is 2.40. The summed E-state index contributed by atoms with van der Waals surface area (Å²) < 4.78 is 11.0. The number of aliphatic hydroxyl groups excluding tert-OH is 1. The number of para-hydroxylation sites is 2.